The molecular formula is C11H17ClN2O. The second-order valence-corrected chi connectivity index (χ2v) is 3.73. The van der Waals surface area contributed by atoms with Crippen molar-refractivity contribution >= 4 is 11.6 Å². The molecular weight excluding hydrogens is 212 g/mol. The van der Waals surface area contributed by atoms with Gasteiger partial charge in [-0.3, -0.25) is 4.98 Å². The summed E-state index contributed by atoms with van der Waals surface area (Å²) < 4.78 is 5.74. The van der Waals surface area contributed by atoms with Gasteiger partial charge in [-0.25, -0.2) is 0 Å². The van der Waals surface area contributed by atoms with Crippen LogP contribution in [0.15, 0.2) is 18.5 Å². The molecule has 1 N–H and O–H groups in total. The maximum atomic E-state index is 5.82. The van der Waals surface area contributed by atoms with E-state index in [-0.39, 0.29) is 6.10 Å². The Labute approximate surface area is 95.8 Å². The summed E-state index contributed by atoms with van der Waals surface area (Å²) in [6.45, 7) is 5.97. The quantitative estimate of drug-likeness (QED) is 0.813. The smallest absolute Gasteiger partial charge is 0.139 e. The van der Waals surface area contributed by atoms with Gasteiger partial charge < -0.3 is 10.1 Å². The van der Waals surface area contributed by atoms with Crippen molar-refractivity contribution in [1.82, 2.24) is 10.3 Å². The van der Waals surface area contributed by atoms with E-state index in [2.05, 4.69) is 24.1 Å². The van der Waals surface area contributed by atoms with Crippen LogP contribution in [0.1, 0.15) is 20.3 Å². The topological polar surface area (TPSA) is 34.1 Å². The lowest BCUT2D eigenvalue weighted by molar-refractivity contribution is 0.193. The van der Waals surface area contributed by atoms with Crippen molar-refractivity contribution in [2.45, 2.75) is 26.4 Å². The van der Waals surface area contributed by atoms with Crippen LogP contribution in [-0.4, -0.2) is 24.2 Å². The fourth-order valence-electron chi connectivity index (χ4n) is 1.22. The lowest BCUT2D eigenvalue weighted by Gasteiger charge is -2.17. The molecule has 0 bridgehead atoms. The SMILES string of the molecule is CCNCC(CC)Oc1cncc(Cl)c1. The number of hydrogen-bond donors (Lipinski definition) is 1. The van der Waals surface area contributed by atoms with E-state index in [1.165, 1.54) is 0 Å². The summed E-state index contributed by atoms with van der Waals surface area (Å²) in [6.07, 6.45) is 4.41. The molecule has 0 aliphatic heterocycles. The lowest BCUT2D eigenvalue weighted by atomic mass is 10.2. The first-order valence-electron chi connectivity index (χ1n) is 5.24. The Kier molecular flexibility index (Phi) is 5.43. The van der Waals surface area contributed by atoms with Crippen LogP contribution in [0.25, 0.3) is 0 Å². The van der Waals surface area contributed by atoms with Gasteiger partial charge in [-0.1, -0.05) is 25.4 Å². The minimum Gasteiger partial charge on any atom is -0.487 e. The van der Waals surface area contributed by atoms with Crippen LogP contribution in [-0.2, 0) is 0 Å². The molecule has 4 heteroatoms. The van der Waals surface area contributed by atoms with E-state index in [0.717, 1.165) is 25.3 Å². The van der Waals surface area contributed by atoms with Gasteiger partial charge in [-0.2, -0.15) is 0 Å². The highest BCUT2D eigenvalue weighted by Gasteiger charge is 2.07. The van der Waals surface area contributed by atoms with Crippen LogP contribution < -0.4 is 10.1 Å². The summed E-state index contributed by atoms with van der Waals surface area (Å²) in [4.78, 5) is 3.97. The maximum absolute atomic E-state index is 5.82. The summed E-state index contributed by atoms with van der Waals surface area (Å²) in [5, 5.41) is 3.86. The van der Waals surface area contributed by atoms with Crippen LogP contribution >= 0.6 is 11.6 Å². The molecule has 0 saturated heterocycles. The first-order valence-corrected chi connectivity index (χ1v) is 5.62. The van der Waals surface area contributed by atoms with Crippen molar-refractivity contribution in [2.75, 3.05) is 13.1 Å². The molecule has 84 valence electrons. The Morgan fingerprint density at radius 3 is 2.87 bits per heavy atom. The van der Waals surface area contributed by atoms with Crippen LogP contribution in [0.3, 0.4) is 0 Å². The molecule has 1 aromatic heterocycles. The highest BCUT2D eigenvalue weighted by molar-refractivity contribution is 6.30. The molecule has 0 saturated carbocycles. The van der Waals surface area contributed by atoms with E-state index >= 15 is 0 Å². The zero-order chi connectivity index (χ0) is 11.1. The van der Waals surface area contributed by atoms with Crippen LogP contribution in [0.2, 0.25) is 5.02 Å². The standard InChI is InChI=1S/C11H17ClN2O/c1-3-10(7-13-4-2)15-11-5-9(12)6-14-8-11/h5-6,8,10,13H,3-4,7H2,1-2H3. The highest BCUT2D eigenvalue weighted by Crippen LogP contribution is 2.17. The van der Waals surface area contributed by atoms with Crippen molar-refractivity contribution in [1.29, 1.82) is 0 Å². The first-order chi connectivity index (χ1) is 7.26. The number of aromatic nitrogens is 1. The third-order valence-corrected chi connectivity index (χ3v) is 2.27. The van der Waals surface area contributed by atoms with Crippen molar-refractivity contribution in [2.24, 2.45) is 0 Å². The summed E-state index contributed by atoms with van der Waals surface area (Å²) in [5.41, 5.74) is 0. The van der Waals surface area contributed by atoms with E-state index in [0.29, 0.717) is 5.02 Å². The molecule has 0 fully saturated rings. The lowest BCUT2D eigenvalue weighted by Crippen LogP contribution is -2.30. The van der Waals surface area contributed by atoms with Gasteiger partial charge in [0.15, 0.2) is 0 Å². The van der Waals surface area contributed by atoms with Crippen LogP contribution in [0.5, 0.6) is 5.75 Å². The second kappa shape index (κ2) is 6.64. The van der Waals surface area contributed by atoms with Crippen molar-refractivity contribution in [3.8, 4) is 5.75 Å². The van der Waals surface area contributed by atoms with Gasteiger partial charge in [0, 0.05) is 18.8 Å². The predicted molar refractivity (Wildman–Crippen MR) is 62.5 cm³/mol. The molecule has 0 aliphatic rings. The first kappa shape index (κ1) is 12.3. The van der Waals surface area contributed by atoms with Gasteiger partial charge >= 0.3 is 0 Å². The van der Waals surface area contributed by atoms with Gasteiger partial charge in [0.2, 0.25) is 0 Å². The Morgan fingerprint density at radius 2 is 2.27 bits per heavy atom. The largest absolute Gasteiger partial charge is 0.487 e. The normalized spacial score (nSPS) is 12.5. The maximum Gasteiger partial charge on any atom is 0.139 e. The zero-order valence-corrected chi connectivity index (χ0v) is 9.92. The molecule has 0 aliphatic carbocycles. The summed E-state index contributed by atoms with van der Waals surface area (Å²) in [6, 6.07) is 1.78. The third-order valence-electron chi connectivity index (χ3n) is 2.06. The van der Waals surface area contributed by atoms with Crippen LogP contribution in [0.4, 0.5) is 0 Å². The van der Waals surface area contributed by atoms with Gasteiger partial charge in [0.1, 0.15) is 11.9 Å². The van der Waals surface area contributed by atoms with E-state index in [1.54, 1.807) is 18.5 Å². The molecule has 3 nitrogen and oxygen atoms in total. The second-order valence-electron chi connectivity index (χ2n) is 3.29. The van der Waals surface area contributed by atoms with Gasteiger partial charge in [0.25, 0.3) is 0 Å². The Morgan fingerprint density at radius 1 is 1.47 bits per heavy atom. The Bertz CT molecular complexity index is 294. The molecule has 1 heterocycles. The van der Waals surface area contributed by atoms with Crippen LogP contribution in [0, 0.1) is 0 Å². The average molecular weight is 229 g/mol. The number of hydrogen-bond acceptors (Lipinski definition) is 3. The van der Waals surface area contributed by atoms with E-state index in [9.17, 15) is 0 Å². The van der Waals surface area contributed by atoms with Crippen molar-refractivity contribution < 1.29 is 4.74 Å². The molecule has 0 aromatic carbocycles. The summed E-state index contributed by atoms with van der Waals surface area (Å²) in [5.74, 6) is 0.729. The van der Waals surface area contributed by atoms with Gasteiger partial charge in [0.05, 0.1) is 11.2 Å². The summed E-state index contributed by atoms with van der Waals surface area (Å²) >= 11 is 5.82. The summed E-state index contributed by atoms with van der Waals surface area (Å²) in [7, 11) is 0. The fourth-order valence-corrected chi connectivity index (χ4v) is 1.39. The number of nitrogens with one attached hydrogen (secondary N) is 1. The number of halogens is 1. The molecule has 15 heavy (non-hydrogen) atoms. The molecule has 1 aromatic rings. The number of rotatable bonds is 6. The van der Waals surface area contributed by atoms with E-state index < -0.39 is 0 Å². The molecule has 1 atom stereocenters. The minimum atomic E-state index is 0.171. The molecule has 1 rings (SSSR count). The highest BCUT2D eigenvalue weighted by atomic mass is 35.5. The van der Waals surface area contributed by atoms with E-state index in [4.69, 9.17) is 16.3 Å². The minimum absolute atomic E-state index is 0.171. The molecule has 1 unspecified atom stereocenters. The van der Waals surface area contributed by atoms with E-state index in [1.807, 2.05) is 0 Å². The number of ether oxygens (including phenoxy) is 1. The third kappa shape index (κ3) is 4.49. The Balaban J connectivity index is 2.50. The monoisotopic (exact) mass is 228 g/mol. The van der Waals surface area contributed by atoms with Crippen molar-refractivity contribution in [3.63, 3.8) is 0 Å². The number of likely N-dealkylation sites (N-methyl/N-ethyl adjacent to an activating group) is 1. The zero-order valence-electron chi connectivity index (χ0n) is 9.16. The van der Waals surface area contributed by atoms with Gasteiger partial charge in [-0.15, -0.1) is 0 Å². The average Bonchev–Trinajstić information content (AvgIpc) is 2.24. The molecule has 0 radical (unpaired) electrons. The number of pyridine rings is 1. The molecule has 0 amide bonds. The van der Waals surface area contributed by atoms with Crippen molar-refractivity contribution in [3.05, 3.63) is 23.5 Å². The molecule has 0 spiro atoms. The van der Waals surface area contributed by atoms with Gasteiger partial charge in [-0.05, 0) is 13.0 Å². The Hall–Kier alpha value is -0.800. The number of nitrogens with zero attached hydrogens (tertiary/aromatic N) is 1. The predicted octanol–water partition coefficient (Wildman–Crippen LogP) is 2.50. The fraction of sp³-hybridized carbons (Fsp3) is 0.545.